The van der Waals surface area contributed by atoms with E-state index in [-0.39, 0.29) is 0 Å². The summed E-state index contributed by atoms with van der Waals surface area (Å²) in [6.45, 7) is 1.67. The Morgan fingerprint density at radius 3 is 2.43 bits per heavy atom. The summed E-state index contributed by atoms with van der Waals surface area (Å²) in [5, 5.41) is 0. The summed E-state index contributed by atoms with van der Waals surface area (Å²) in [4.78, 5) is 0. The van der Waals surface area contributed by atoms with E-state index in [4.69, 9.17) is 16.2 Å². The fraction of sp³-hybridized carbons (Fsp3) is 1.00. The predicted molar refractivity (Wildman–Crippen MR) is 28.7 cm³/mol. The summed E-state index contributed by atoms with van der Waals surface area (Å²) in [5.41, 5.74) is 10.2. The van der Waals surface area contributed by atoms with Crippen LogP contribution in [0.15, 0.2) is 0 Å². The van der Waals surface area contributed by atoms with Crippen LogP contribution in [0.4, 0.5) is 0 Å². The van der Waals surface area contributed by atoms with Gasteiger partial charge in [0.05, 0.1) is 6.73 Å². The van der Waals surface area contributed by atoms with Gasteiger partial charge in [0.2, 0.25) is 0 Å². The van der Waals surface area contributed by atoms with Crippen LogP contribution in [0.1, 0.15) is 6.42 Å². The summed E-state index contributed by atoms with van der Waals surface area (Å²) in [7, 11) is 0. The minimum atomic E-state index is 0.306. The van der Waals surface area contributed by atoms with Gasteiger partial charge in [-0.1, -0.05) is 0 Å². The molecule has 0 saturated carbocycles. The molecular weight excluding hydrogens is 92.1 g/mol. The molecule has 0 bridgehead atoms. The fourth-order valence-corrected chi connectivity index (χ4v) is 0.269. The number of rotatable bonds is 4. The van der Waals surface area contributed by atoms with Crippen molar-refractivity contribution >= 4 is 0 Å². The molecule has 0 aliphatic carbocycles. The molecule has 4 N–H and O–H groups in total. The standard InChI is InChI=1S/C4H12N2O/c5-2-1-3-7-4-6/h1-6H2. The maximum Gasteiger partial charge on any atom is 0.0940 e. The smallest absolute Gasteiger partial charge is 0.0940 e. The molecule has 0 amide bonds. The minimum absolute atomic E-state index is 0.306. The van der Waals surface area contributed by atoms with Gasteiger partial charge in [-0.15, -0.1) is 0 Å². The van der Waals surface area contributed by atoms with E-state index in [9.17, 15) is 0 Å². The summed E-state index contributed by atoms with van der Waals surface area (Å²) in [6, 6.07) is 0. The van der Waals surface area contributed by atoms with Crippen LogP contribution in [0.2, 0.25) is 0 Å². The summed E-state index contributed by atoms with van der Waals surface area (Å²) in [6.07, 6.45) is 0.900. The van der Waals surface area contributed by atoms with Crippen molar-refractivity contribution in [3.63, 3.8) is 0 Å². The Morgan fingerprint density at radius 1 is 1.29 bits per heavy atom. The van der Waals surface area contributed by atoms with Crippen molar-refractivity contribution in [2.75, 3.05) is 19.9 Å². The highest BCUT2D eigenvalue weighted by atomic mass is 16.5. The second kappa shape index (κ2) is 5.88. The average molecular weight is 104 g/mol. The molecule has 0 radical (unpaired) electrons. The maximum atomic E-state index is 5.15. The Balaban J connectivity index is 2.45. The SMILES string of the molecule is NCCCOCN. The first kappa shape index (κ1) is 6.88. The van der Waals surface area contributed by atoms with E-state index < -0.39 is 0 Å². The lowest BCUT2D eigenvalue weighted by Crippen LogP contribution is -2.09. The van der Waals surface area contributed by atoms with Crippen LogP contribution in [0, 0.1) is 0 Å². The zero-order chi connectivity index (χ0) is 5.54. The summed E-state index contributed by atoms with van der Waals surface area (Å²) in [5.74, 6) is 0. The van der Waals surface area contributed by atoms with Crippen molar-refractivity contribution in [2.24, 2.45) is 11.5 Å². The van der Waals surface area contributed by atoms with E-state index in [1.807, 2.05) is 0 Å². The van der Waals surface area contributed by atoms with E-state index in [2.05, 4.69) is 0 Å². The van der Waals surface area contributed by atoms with Crippen LogP contribution in [0.25, 0.3) is 0 Å². The van der Waals surface area contributed by atoms with Gasteiger partial charge in [-0.2, -0.15) is 0 Å². The third-order valence-corrected chi connectivity index (χ3v) is 0.611. The molecule has 0 heterocycles. The Labute approximate surface area is 43.6 Å². The van der Waals surface area contributed by atoms with Crippen molar-refractivity contribution in [2.45, 2.75) is 6.42 Å². The van der Waals surface area contributed by atoms with E-state index in [1.54, 1.807) is 0 Å². The second-order valence-corrected chi connectivity index (χ2v) is 1.22. The normalized spacial score (nSPS) is 9.43. The molecule has 0 aromatic carbocycles. The van der Waals surface area contributed by atoms with E-state index in [0.717, 1.165) is 6.42 Å². The first-order chi connectivity index (χ1) is 3.41. The lowest BCUT2D eigenvalue weighted by Gasteiger charge is -1.94. The molecule has 0 aliphatic rings. The van der Waals surface area contributed by atoms with Crippen LogP contribution in [0.5, 0.6) is 0 Å². The topological polar surface area (TPSA) is 61.3 Å². The number of hydrogen-bond acceptors (Lipinski definition) is 3. The van der Waals surface area contributed by atoms with Crippen LogP contribution < -0.4 is 11.5 Å². The van der Waals surface area contributed by atoms with Crippen molar-refractivity contribution in [1.29, 1.82) is 0 Å². The van der Waals surface area contributed by atoms with Gasteiger partial charge in [0.25, 0.3) is 0 Å². The van der Waals surface area contributed by atoms with Gasteiger partial charge >= 0.3 is 0 Å². The van der Waals surface area contributed by atoms with Crippen molar-refractivity contribution in [3.8, 4) is 0 Å². The molecule has 0 aromatic heterocycles. The van der Waals surface area contributed by atoms with Crippen molar-refractivity contribution in [3.05, 3.63) is 0 Å². The first-order valence-electron chi connectivity index (χ1n) is 2.39. The van der Waals surface area contributed by atoms with E-state index in [0.29, 0.717) is 19.9 Å². The van der Waals surface area contributed by atoms with Crippen molar-refractivity contribution < 1.29 is 4.74 Å². The van der Waals surface area contributed by atoms with Gasteiger partial charge in [-0.3, -0.25) is 0 Å². The molecule has 0 aromatic rings. The molecule has 3 heteroatoms. The molecule has 0 fully saturated rings. The van der Waals surface area contributed by atoms with Crippen LogP contribution in [-0.2, 0) is 4.74 Å². The highest BCUT2D eigenvalue weighted by Gasteiger charge is 1.78. The zero-order valence-corrected chi connectivity index (χ0v) is 4.39. The molecular formula is C4H12N2O. The van der Waals surface area contributed by atoms with Crippen LogP contribution in [0.3, 0.4) is 0 Å². The third-order valence-electron chi connectivity index (χ3n) is 0.611. The van der Waals surface area contributed by atoms with E-state index >= 15 is 0 Å². The summed E-state index contributed by atoms with van der Waals surface area (Å²) < 4.78 is 4.77. The van der Waals surface area contributed by atoms with E-state index in [1.165, 1.54) is 0 Å². The summed E-state index contributed by atoms with van der Waals surface area (Å²) >= 11 is 0. The lowest BCUT2D eigenvalue weighted by molar-refractivity contribution is 0.140. The van der Waals surface area contributed by atoms with Gasteiger partial charge in [0.15, 0.2) is 0 Å². The minimum Gasteiger partial charge on any atom is -0.366 e. The third kappa shape index (κ3) is 5.88. The number of ether oxygens (including phenoxy) is 1. The monoisotopic (exact) mass is 104 g/mol. The Morgan fingerprint density at radius 2 is 2.00 bits per heavy atom. The Hall–Kier alpha value is -0.120. The molecule has 7 heavy (non-hydrogen) atoms. The predicted octanol–water partition coefficient (Wildman–Crippen LogP) is -0.732. The lowest BCUT2D eigenvalue weighted by atomic mass is 10.5. The number of nitrogens with two attached hydrogens (primary N) is 2. The molecule has 44 valence electrons. The van der Waals surface area contributed by atoms with Gasteiger partial charge in [0.1, 0.15) is 0 Å². The van der Waals surface area contributed by atoms with Gasteiger partial charge in [0, 0.05) is 6.61 Å². The first-order valence-corrected chi connectivity index (χ1v) is 2.39. The van der Waals surface area contributed by atoms with Gasteiger partial charge < -0.3 is 16.2 Å². The molecule has 0 saturated heterocycles. The van der Waals surface area contributed by atoms with Crippen molar-refractivity contribution in [1.82, 2.24) is 0 Å². The average Bonchev–Trinajstić information content (AvgIpc) is 1.69. The molecule has 0 rings (SSSR count). The highest BCUT2D eigenvalue weighted by Crippen LogP contribution is 1.73. The highest BCUT2D eigenvalue weighted by molar-refractivity contribution is 4.32. The Kier molecular flexibility index (Phi) is 5.78. The van der Waals surface area contributed by atoms with Gasteiger partial charge in [-0.05, 0) is 13.0 Å². The molecule has 0 aliphatic heterocycles. The van der Waals surface area contributed by atoms with Crippen LogP contribution >= 0.6 is 0 Å². The molecule has 0 atom stereocenters. The quantitative estimate of drug-likeness (QED) is 0.365. The largest absolute Gasteiger partial charge is 0.366 e. The number of hydrogen-bond donors (Lipinski definition) is 2. The Bertz CT molecular complexity index is 28.9. The zero-order valence-electron chi connectivity index (χ0n) is 4.39. The van der Waals surface area contributed by atoms with Gasteiger partial charge in [-0.25, -0.2) is 0 Å². The maximum absolute atomic E-state index is 5.15. The van der Waals surface area contributed by atoms with Crippen LogP contribution in [-0.4, -0.2) is 19.9 Å². The molecule has 0 spiro atoms. The molecule has 0 unspecified atom stereocenters. The fourth-order valence-electron chi connectivity index (χ4n) is 0.269. The molecule has 3 nitrogen and oxygen atoms in total. The second-order valence-electron chi connectivity index (χ2n) is 1.22.